The number of aromatic nitrogens is 2. The highest BCUT2D eigenvalue weighted by atomic mass is 16.5. The molecule has 8 heteroatoms. The quantitative estimate of drug-likeness (QED) is 0.624. The number of nitrogens with one attached hydrogen (secondary N) is 1. The zero-order chi connectivity index (χ0) is 21.7. The lowest BCUT2D eigenvalue weighted by Crippen LogP contribution is -2.39. The Bertz CT molecular complexity index is 1130. The fraction of sp³-hybridized carbons (Fsp3) is 0.227. The first-order chi connectivity index (χ1) is 14.4. The fourth-order valence-electron chi connectivity index (χ4n) is 3.03. The van der Waals surface area contributed by atoms with Gasteiger partial charge in [-0.15, -0.1) is 0 Å². The van der Waals surface area contributed by atoms with Gasteiger partial charge >= 0.3 is 5.69 Å². The minimum Gasteiger partial charge on any atom is -0.457 e. The molecule has 156 valence electrons. The molecule has 0 bridgehead atoms. The van der Waals surface area contributed by atoms with E-state index in [1.807, 2.05) is 37.3 Å². The smallest absolute Gasteiger partial charge is 0.330 e. The van der Waals surface area contributed by atoms with Gasteiger partial charge < -0.3 is 15.4 Å². The second kappa shape index (κ2) is 9.13. The maximum atomic E-state index is 12.9. The Balaban J connectivity index is 1.85. The van der Waals surface area contributed by atoms with Crippen molar-refractivity contribution in [3.8, 4) is 11.5 Å². The van der Waals surface area contributed by atoms with Crippen molar-refractivity contribution in [2.75, 3.05) is 17.7 Å². The highest BCUT2D eigenvalue weighted by molar-refractivity contribution is 6.06. The van der Waals surface area contributed by atoms with Crippen molar-refractivity contribution in [3.05, 3.63) is 81.0 Å². The highest BCUT2D eigenvalue weighted by Crippen LogP contribution is 2.23. The zero-order valence-corrected chi connectivity index (χ0v) is 16.9. The molecule has 0 saturated heterocycles. The maximum Gasteiger partial charge on any atom is 0.330 e. The van der Waals surface area contributed by atoms with Gasteiger partial charge in [-0.1, -0.05) is 31.5 Å². The molecule has 0 saturated carbocycles. The number of H-pyrrole nitrogens is 1. The number of ether oxygens (including phenoxy) is 1. The minimum absolute atomic E-state index is 0.0305. The summed E-state index contributed by atoms with van der Waals surface area (Å²) in [6.07, 6.45) is 1.57. The largest absolute Gasteiger partial charge is 0.457 e. The lowest BCUT2D eigenvalue weighted by atomic mass is 10.2. The summed E-state index contributed by atoms with van der Waals surface area (Å²) in [5.41, 5.74) is 5.09. The normalized spacial score (nSPS) is 10.6. The molecule has 1 aromatic heterocycles. The average Bonchev–Trinajstić information content (AvgIpc) is 2.74. The van der Waals surface area contributed by atoms with E-state index in [9.17, 15) is 14.4 Å². The molecule has 0 aliphatic rings. The monoisotopic (exact) mass is 408 g/mol. The van der Waals surface area contributed by atoms with E-state index in [1.165, 1.54) is 11.6 Å². The van der Waals surface area contributed by atoms with Gasteiger partial charge in [0.25, 0.3) is 11.5 Å². The van der Waals surface area contributed by atoms with E-state index >= 15 is 0 Å². The van der Waals surface area contributed by atoms with Crippen LogP contribution in [-0.2, 0) is 6.54 Å². The number of hydrogen-bond acceptors (Lipinski definition) is 5. The van der Waals surface area contributed by atoms with E-state index in [2.05, 4.69) is 4.98 Å². The first-order valence-corrected chi connectivity index (χ1v) is 9.66. The molecule has 0 aliphatic carbocycles. The number of aromatic amines is 1. The molecule has 0 fully saturated rings. The van der Waals surface area contributed by atoms with E-state index in [0.717, 1.165) is 17.7 Å². The van der Waals surface area contributed by atoms with Crippen molar-refractivity contribution in [3.63, 3.8) is 0 Å². The number of carbonyl (C=O) groups excluding carboxylic acids is 1. The summed E-state index contributed by atoms with van der Waals surface area (Å²) in [5, 5.41) is 0. The number of nitrogens with two attached hydrogens (primary N) is 1. The molecule has 3 N–H and O–H groups in total. The van der Waals surface area contributed by atoms with Crippen molar-refractivity contribution in [1.29, 1.82) is 0 Å². The van der Waals surface area contributed by atoms with Crippen LogP contribution >= 0.6 is 0 Å². The number of nitrogen functional groups attached to an aromatic ring is 1. The second-order valence-corrected chi connectivity index (χ2v) is 6.80. The van der Waals surface area contributed by atoms with Crippen LogP contribution in [0.25, 0.3) is 0 Å². The number of benzene rings is 2. The first kappa shape index (κ1) is 20.9. The predicted molar refractivity (Wildman–Crippen MR) is 116 cm³/mol. The van der Waals surface area contributed by atoms with Crippen LogP contribution in [-0.4, -0.2) is 22.5 Å². The Morgan fingerprint density at radius 2 is 1.70 bits per heavy atom. The van der Waals surface area contributed by atoms with Crippen LogP contribution in [0.1, 0.15) is 30.1 Å². The van der Waals surface area contributed by atoms with Gasteiger partial charge in [0.2, 0.25) is 0 Å². The van der Waals surface area contributed by atoms with Gasteiger partial charge in [0.15, 0.2) is 5.69 Å². The van der Waals surface area contributed by atoms with E-state index in [4.69, 9.17) is 10.5 Å². The second-order valence-electron chi connectivity index (χ2n) is 6.80. The van der Waals surface area contributed by atoms with E-state index in [1.54, 1.807) is 24.3 Å². The third-order valence-corrected chi connectivity index (χ3v) is 4.67. The summed E-state index contributed by atoms with van der Waals surface area (Å²) in [4.78, 5) is 40.8. The van der Waals surface area contributed by atoms with E-state index < -0.39 is 17.2 Å². The van der Waals surface area contributed by atoms with Crippen LogP contribution in [0.3, 0.4) is 0 Å². The van der Waals surface area contributed by atoms with Crippen LogP contribution in [0.15, 0.2) is 64.2 Å². The predicted octanol–water partition coefficient (Wildman–Crippen LogP) is 2.99. The van der Waals surface area contributed by atoms with Crippen LogP contribution in [0.4, 0.5) is 11.5 Å². The zero-order valence-electron chi connectivity index (χ0n) is 16.9. The average molecular weight is 408 g/mol. The lowest BCUT2D eigenvalue weighted by Gasteiger charge is -2.20. The summed E-state index contributed by atoms with van der Waals surface area (Å²) >= 11 is 0. The van der Waals surface area contributed by atoms with Gasteiger partial charge in [-0.2, -0.15) is 0 Å². The molecular formula is C22H24N4O4. The molecule has 1 amide bonds. The Labute approximate surface area is 173 Å². The van der Waals surface area contributed by atoms with Crippen molar-refractivity contribution in [2.45, 2.75) is 26.3 Å². The number of rotatable bonds is 7. The molecule has 0 aliphatic heterocycles. The maximum absolute atomic E-state index is 12.9. The number of para-hydroxylation sites is 1. The summed E-state index contributed by atoms with van der Waals surface area (Å²) in [7, 11) is 1.45. The number of carbonyl (C=O) groups is 1. The van der Waals surface area contributed by atoms with Crippen LogP contribution in [0.5, 0.6) is 11.5 Å². The molecule has 3 rings (SSSR count). The fourth-order valence-corrected chi connectivity index (χ4v) is 3.03. The molecular weight excluding hydrogens is 384 g/mol. The Morgan fingerprint density at radius 1 is 1.07 bits per heavy atom. The molecule has 0 unspecified atom stereocenters. The van der Waals surface area contributed by atoms with Gasteiger partial charge in [-0.25, -0.2) is 4.79 Å². The molecule has 0 spiro atoms. The molecule has 0 radical (unpaired) electrons. The number of unbranched alkanes of at least 4 members (excludes halogenated alkanes) is 1. The molecule has 8 nitrogen and oxygen atoms in total. The van der Waals surface area contributed by atoms with E-state index in [0.29, 0.717) is 23.6 Å². The molecule has 0 atom stereocenters. The van der Waals surface area contributed by atoms with Gasteiger partial charge in [0.1, 0.15) is 17.3 Å². The summed E-state index contributed by atoms with van der Waals surface area (Å²) in [6.45, 7) is 2.34. The standard InChI is InChI=1S/C22H24N4O4/c1-3-4-14-26-19(23)18(20(27)24-22(26)29)25(2)21(28)15-10-12-17(13-11-15)30-16-8-6-5-7-9-16/h5-13H,3-4,14,23H2,1-2H3,(H,24,27,29). The third kappa shape index (κ3) is 4.43. The van der Waals surface area contributed by atoms with Gasteiger partial charge in [0.05, 0.1) is 0 Å². The van der Waals surface area contributed by atoms with Crippen molar-refractivity contribution < 1.29 is 9.53 Å². The Kier molecular flexibility index (Phi) is 6.36. The van der Waals surface area contributed by atoms with E-state index in [-0.39, 0.29) is 11.5 Å². The number of hydrogen-bond donors (Lipinski definition) is 2. The van der Waals surface area contributed by atoms with Gasteiger partial charge in [-0.05, 0) is 42.8 Å². The SMILES string of the molecule is CCCCn1c(N)c(N(C)C(=O)c2ccc(Oc3ccccc3)cc2)c(=O)[nH]c1=O. The molecule has 30 heavy (non-hydrogen) atoms. The number of amides is 1. The summed E-state index contributed by atoms with van der Waals surface area (Å²) in [6, 6.07) is 15.8. The number of anilines is 2. The Hall–Kier alpha value is -3.81. The highest BCUT2D eigenvalue weighted by Gasteiger charge is 2.22. The first-order valence-electron chi connectivity index (χ1n) is 9.66. The van der Waals surface area contributed by atoms with Crippen molar-refractivity contribution >= 4 is 17.4 Å². The van der Waals surface area contributed by atoms with Crippen molar-refractivity contribution in [1.82, 2.24) is 9.55 Å². The molecule has 2 aromatic carbocycles. The van der Waals surface area contributed by atoms with Crippen LogP contribution in [0.2, 0.25) is 0 Å². The molecule has 3 aromatic rings. The van der Waals surface area contributed by atoms with Gasteiger partial charge in [0, 0.05) is 19.2 Å². The van der Waals surface area contributed by atoms with Crippen LogP contribution < -0.4 is 26.6 Å². The molecule has 1 heterocycles. The minimum atomic E-state index is -0.704. The van der Waals surface area contributed by atoms with Gasteiger partial charge in [-0.3, -0.25) is 19.1 Å². The summed E-state index contributed by atoms with van der Waals surface area (Å²) in [5.74, 6) is 0.796. The van der Waals surface area contributed by atoms with Crippen molar-refractivity contribution in [2.24, 2.45) is 0 Å². The lowest BCUT2D eigenvalue weighted by molar-refractivity contribution is 0.0992. The number of nitrogens with zero attached hydrogens (tertiary/aromatic N) is 2. The van der Waals surface area contributed by atoms with Crippen LogP contribution in [0, 0.1) is 0 Å². The topological polar surface area (TPSA) is 110 Å². The third-order valence-electron chi connectivity index (χ3n) is 4.67. The summed E-state index contributed by atoms with van der Waals surface area (Å²) < 4.78 is 7.00. The Morgan fingerprint density at radius 3 is 2.33 bits per heavy atom.